The van der Waals surface area contributed by atoms with Gasteiger partial charge in [-0.15, -0.1) is 0 Å². The van der Waals surface area contributed by atoms with E-state index in [9.17, 15) is 19.5 Å². The minimum absolute atomic E-state index is 0.00811. The van der Waals surface area contributed by atoms with Crippen LogP contribution in [0.2, 0.25) is 0 Å². The van der Waals surface area contributed by atoms with Crippen LogP contribution in [0.15, 0.2) is 24.3 Å². The number of aryl methyl sites for hydroxylation is 1. The monoisotopic (exact) mass is 526 g/mol. The molecule has 0 radical (unpaired) electrons. The van der Waals surface area contributed by atoms with Gasteiger partial charge in [0.25, 0.3) is 0 Å². The molecule has 0 saturated heterocycles. The van der Waals surface area contributed by atoms with Crippen LogP contribution in [0.3, 0.4) is 0 Å². The molecule has 8 heteroatoms. The van der Waals surface area contributed by atoms with E-state index >= 15 is 0 Å². The molecule has 1 unspecified atom stereocenters. The number of ketones is 2. The van der Waals surface area contributed by atoms with E-state index in [1.807, 2.05) is 13.0 Å². The number of benzene rings is 2. The van der Waals surface area contributed by atoms with Gasteiger partial charge in [0.1, 0.15) is 23.0 Å². The van der Waals surface area contributed by atoms with E-state index in [1.54, 1.807) is 18.2 Å². The molecule has 0 aromatic heterocycles. The molecule has 1 atom stereocenters. The molecule has 0 amide bonds. The van der Waals surface area contributed by atoms with Crippen LogP contribution in [0.1, 0.15) is 97.6 Å². The summed E-state index contributed by atoms with van der Waals surface area (Å²) in [5.74, 6) is 0.653. The fraction of sp³-hybridized carbons (Fsp3) is 0.500. The molecule has 38 heavy (non-hydrogen) atoms. The Kier molecular flexibility index (Phi) is 10.6. The zero-order valence-electron chi connectivity index (χ0n) is 22.5. The van der Waals surface area contributed by atoms with Crippen LogP contribution in [0, 0.1) is 0 Å². The number of phenolic OH excluding ortho intramolecular Hbond substituents is 1. The first-order valence-corrected chi connectivity index (χ1v) is 13.4. The first kappa shape index (κ1) is 29.0. The number of rotatable bonds is 15. The van der Waals surface area contributed by atoms with Crippen LogP contribution in [0.5, 0.6) is 23.0 Å². The number of carbonyl (C=O) groups excluding carboxylic acids is 2. The lowest BCUT2D eigenvalue weighted by molar-refractivity contribution is -0.137. The molecule has 8 nitrogen and oxygen atoms in total. The van der Waals surface area contributed by atoms with Crippen molar-refractivity contribution in [1.82, 2.24) is 0 Å². The Hall–Kier alpha value is -3.55. The SMILES string of the molecule is CCCc1c(OCCCCCOc2cc3c(cc2C(C)=O)CCC(CCC(=O)O)O3)ccc(C(C)=O)c1O. The Morgan fingerprint density at radius 3 is 2.29 bits per heavy atom. The third-order valence-electron chi connectivity index (χ3n) is 6.67. The molecule has 0 aliphatic carbocycles. The van der Waals surface area contributed by atoms with Crippen molar-refractivity contribution >= 4 is 17.5 Å². The maximum absolute atomic E-state index is 12.2. The van der Waals surface area contributed by atoms with Gasteiger partial charge in [-0.25, -0.2) is 0 Å². The minimum Gasteiger partial charge on any atom is -0.507 e. The largest absolute Gasteiger partial charge is 0.507 e. The Bertz CT molecular complexity index is 1150. The second kappa shape index (κ2) is 13.8. The predicted octanol–water partition coefficient (Wildman–Crippen LogP) is 5.94. The van der Waals surface area contributed by atoms with E-state index in [0.717, 1.165) is 44.1 Å². The first-order valence-electron chi connectivity index (χ1n) is 13.4. The molecule has 1 aliphatic heterocycles. The van der Waals surface area contributed by atoms with Gasteiger partial charge in [0.2, 0.25) is 0 Å². The van der Waals surface area contributed by atoms with Crippen LogP contribution in [0.25, 0.3) is 0 Å². The summed E-state index contributed by atoms with van der Waals surface area (Å²) in [5, 5.41) is 19.4. The summed E-state index contributed by atoms with van der Waals surface area (Å²) in [5.41, 5.74) is 2.44. The van der Waals surface area contributed by atoms with Crippen molar-refractivity contribution in [3.8, 4) is 23.0 Å². The summed E-state index contributed by atoms with van der Waals surface area (Å²) in [6, 6.07) is 6.94. The van der Waals surface area contributed by atoms with Gasteiger partial charge in [0, 0.05) is 18.1 Å². The number of aliphatic carboxylic acids is 1. The van der Waals surface area contributed by atoms with E-state index in [0.29, 0.717) is 60.0 Å². The summed E-state index contributed by atoms with van der Waals surface area (Å²) in [7, 11) is 0. The fourth-order valence-corrected chi connectivity index (χ4v) is 4.62. The van der Waals surface area contributed by atoms with E-state index in [1.165, 1.54) is 13.8 Å². The summed E-state index contributed by atoms with van der Waals surface area (Å²) < 4.78 is 17.9. The van der Waals surface area contributed by atoms with Gasteiger partial charge in [-0.1, -0.05) is 13.3 Å². The summed E-state index contributed by atoms with van der Waals surface area (Å²) in [4.78, 5) is 34.8. The molecule has 0 bridgehead atoms. The molecule has 2 aromatic rings. The maximum atomic E-state index is 12.2. The molecule has 206 valence electrons. The van der Waals surface area contributed by atoms with Crippen molar-refractivity contribution in [2.45, 2.75) is 84.7 Å². The van der Waals surface area contributed by atoms with Gasteiger partial charge in [0.05, 0.1) is 30.4 Å². The molecule has 1 aliphatic rings. The van der Waals surface area contributed by atoms with Crippen LogP contribution in [0.4, 0.5) is 0 Å². The van der Waals surface area contributed by atoms with Crippen LogP contribution >= 0.6 is 0 Å². The number of Topliss-reactive ketones (excluding diaryl/α,β-unsaturated/α-hetero) is 2. The summed E-state index contributed by atoms with van der Waals surface area (Å²) >= 11 is 0. The number of aromatic hydroxyl groups is 1. The molecule has 1 heterocycles. The number of hydrogen-bond donors (Lipinski definition) is 2. The molecule has 3 rings (SSSR count). The van der Waals surface area contributed by atoms with Gasteiger partial charge in [0.15, 0.2) is 11.6 Å². The molecule has 0 fully saturated rings. The highest BCUT2D eigenvalue weighted by molar-refractivity contribution is 5.98. The van der Waals surface area contributed by atoms with Crippen LogP contribution < -0.4 is 14.2 Å². The van der Waals surface area contributed by atoms with Gasteiger partial charge < -0.3 is 24.4 Å². The van der Waals surface area contributed by atoms with E-state index in [2.05, 4.69) is 0 Å². The third kappa shape index (κ3) is 7.73. The third-order valence-corrected chi connectivity index (χ3v) is 6.67. The molecule has 0 saturated carbocycles. The number of ether oxygens (including phenoxy) is 3. The highest BCUT2D eigenvalue weighted by Crippen LogP contribution is 2.36. The Morgan fingerprint density at radius 1 is 0.974 bits per heavy atom. The minimum atomic E-state index is -0.841. The smallest absolute Gasteiger partial charge is 0.303 e. The molecule has 2 N–H and O–H groups in total. The standard InChI is InChI=1S/C30H38O8/c1-4-8-24-26(13-12-23(19(2)31)30(24)35)36-15-6-5-7-16-37-28-18-27-21(17-25(28)20(3)32)9-10-22(38-27)11-14-29(33)34/h12-13,17-18,22,35H,4-11,14-16H2,1-3H3,(H,33,34). The summed E-state index contributed by atoms with van der Waals surface area (Å²) in [6.45, 7) is 5.85. The molecule has 2 aromatic carbocycles. The van der Waals surface area contributed by atoms with Crippen LogP contribution in [-0.2, 0) is 17.6 Å². The number of phenols is 1. The zero-order chi connectivity index (χ0) is 27.7. The average Bonchev–Trinajstić information content (AvgIpc) is 2.87. The molecule has 0 spiro atoms. The highest BCUT2D eigenvalue weighted by atomic mass is 16.5. The van der Waals surface area contributed by atoms with Crippen LogP contribution in [-0.4, -0.2) is 47.1 Å². The number of carboxylic acids is 1. The van der Waals surface area contributed by atoms with E-state index in [-0.39, 0.29) is 29.8 Å². The molecular weight excluding hydrogens is 488 g/mol. The zero-order valence-corrected chi connectivity index (χ0v) is 22.5. The van der Waals surface area contributed by atoms with Crippen molar-refractivity contribution in [2.75, 3.05) is 13.2 Å². The molecular formula is C30H38O8. The summed E-state index contributed by atoms with van der Waals surface area (Å²) in [6.07, 6.45) is 5.63. The van der Waals surface area contributed by atoms with Gasteiger partial charge in [-0.3, -0.25) is 14.4 Å². The second-order valence-corrected chi connectivity index (χ2v) is 9.73. The normalized spacial score (nSPS) is 14.3. The van der Waals surface area contributed by atoms with Gasteiger partial charge in [-0.2, -0.15) is 0 Å². The Morgan fingerprint density at radius 2 is 1.66 bits per heavy atom. The average molecular weight is 527 g/mol. The van der Waals surface area contributed by atoms with Crippen molar-refractivity contribution in [3.05, 3.63) is 46.5 Å². The van der Waals surface area contributed by atoms with Crippen molar-refractivity contribution in [2.24, 2.45) is 0 Å². The first-order chi connectivity index (χ1) is 18.2. The van der Waals surface area contributed by atoms with Gasteiger partial charge >= 0.3 is 5.97 Å². The topological polar surface area (TPSA) is 119 Å². The number of carbonyl (C=O) groups is 3. The van der Waals surface area contributed by atoms with E-state index in [4.69, 9.17) is 19.3 Å². The van der Waals surface area contributed by atoms with Gasteiger partial charge in [-0.05, 0) is 82.6 Å². The Balaban J connectivity index is 1.50. The maximum Gasteiger partial charge on any atom is 0.303 e. The fourth-order valence-electron chi connectivity index (χ4n) is 4.62. The lowest BCUT2D eigenvalue weighted by Crippen LogP contribution is -2.24. The number of unbranched alkanes of at least 4 members (excludes halogenated alkanes) is 2. The van der Waals surface area contributed by atoms with Crippen molar-refractivity contribution in [3.63, 3.8) is 0 Å². The second-order valence-electron chi connectivity index (χ2n) is 9.73. The Labute approximate surface area is 223 Å². The number of fused-ring (bicyclic) bond motifs is 1. The predicted molar refractivity (Wildman–Crippen MR) is 143 cm³/mol. The highest BCUT2D eigenvalue weighted by Gasteiger charge is 2.24. The number of hydrogen-bond acceptors (Lipinski definition) is 7. The van der Waals surface area contributed by atoms with E-state index < -0.39 is 5.97 Å². The van der Waals surface area contributed by atoms with Crippen molar-refractivity contribution < 1.29 is 38.8 Å². The lowest BCUT2D eigenvalue weighted by atomic mass is 9.96. The lowest BCUT2D eigenvalue weighted by Gasteiger charge is -2.27. The van der Waals surface area contributed by atoms with Crippen molar-refractivity contribution in [1.29, 1.82) is 0 Å². The quantitative estimate of drug-likeness (QED) is 0.216. The number of carboxylic acid groups (broad SMARTS) is 1.